The van der Waals surface area contributed by atoms with Gasteiger partial charge in [0.05, 0.1) is 30.0 Å². The van der Waals surface area contributed by atoms with Crippen molar-refractivity contribution >= 4 is 23.3 Å². The Morgan fingerprint density at radius 1 is 1.41 bits per heavy atom. The van der Waals surface area contributed by atoms with Gasteiger partial charge in [-0.05, 0) is 38.5 Å². The summed E-state index contributed by atoms with van der Waals surface area (Å²) < 4.78 is 5.06. The second-order valence-corrected chi connectivity index (χ2v) is 6.82. The van der Waals surface area contributed by atoms with Crippen LogP contribution in [-0.2, 0) is 11.3 Å². The summed E-state index contributed by atoms with van der Waals surface area (Å²) in [4.78, 5) is 21.2. The van der Waals surface area contributed by atoms with Crippen molar-refractivity contribution in [1.29, 1.82) is 5.26 Å². The Balaban J connectivity index is 1.98. The van der Waals surface area contributed by atoms with Crippen molar-refractivity contribution in [1.82, 2.24) is 15.6 Å². The third-order valence-corrected chi connectivity index (χ3v) is 5.08. The summed E-state index contributed by atoms with van der Waals surface area (Å²) in [6.07, 6.45) is 0. The molecule has 27 heavy (non-hydrogen) atoms. The fourth-order valence-electron chi connectivity index (χ4n) is 2.33. The largest absolute Gasteiger partial charge is 0.462 e. The minimum Gasteiger partial charge on any atom is -0.462 e. The average Bonchev–Trinajstić information content (AvgIpc) is 3.07. The van der Waals surface area contributed by atoms with Crippen LogP contribution in [0.15, 0.2) is 29.3 Å². The van der Waals surface area contributed by atoms with E-state index in [-0.39, 0.29) is 12.0 Å². The lowest BCUT2D eigenvalue weighted by atomic mass is 10.1. The van der Waals surface area contributed by atoms with E-state index < -0.39 is 0 Å². The molecule has 0 saturated carbocycles. The molecule has 0 aliphatic carbocycles. The van der Waals surface area contributed by atoms with Gasteiger partial charge in [0.15, 0.2) is 5.96 Å². The summed E-state index contributed by atoms with van der Waals surface area (Å²) in [6, 6.07) is 9.35. The Hall–Kier alpha value is -2.92. The van der Waals surface area contributed by atoms with Crippen LogP contribution < -0.4 is 10.6 Å². The molecule has 0 bridgehead atoms. The molecule has 142 valence electrons. The molecule has 0 aliphatic rings. The SMILES string of the molecule is CCOC(=O)c1sc(C(C)NC(=NC)NCc2ccc(C#N)cc2)nc1C. The monoisotopic (exact) mass is 385 g/mol. The van der Waals surface area contributed by atoms with E-state index in [1.54, 1.807) is 33.0 Å². The summed E-state index contributed by atoms with van der Waals surface area (Å²) in [6.45, 7) is 6.45. The Kier molecular flexibility index (Phi) is 7.32. The Labute approximate surface area is 163 Å². The molecule has 2 rings (SSSR count). The molecular formula is C19H23N5O2S. The van der Waals surface area contributed by atoms with Crippen LogP contribution in [0.1, 0.15) is 51.4 Å². The summed E-state index contributed by atoms with van der Waals surface area (Å²) in [5, 5.41) is 16.1. The first kappa shape index (κ1) is 20.4. The second-order valence-electron chi connectivity index (χ2n) is 5.79. The molecule has 7 nitrogen and oxygen atoms in total. The number of nitriles is 1. The number of ether oxygens (including phenoxy) is 1. The highest BCUT2D eigenvalue weighted by Gasteiger charge is 2.20. The second kappa shape index (κ2) is 9.69. The van der Waals surface area contributed by atoms with Gasteiger partial charge in [0, 0.05) is 13.6 Å². The van der Waals surface area contributed by atoms with Crippen LogP contribution in [0.25, 0.3) is 0 Å². The van der Waals surface area contributed by atoms with E-state index in [1.165, 1.54) is 11.3 Å². The number of thiazole rings is 1. The van der Waals surface area contributed by atoms with Crippen LogP contribution >= 0.6 is 11.3 Å². The van der Waals surface area contributed by atoms with Crippen LogP contribution in [0.5, 0.6) is 0 Å². The number of hydrogen-bond acceptors (Lipinski definition) is 6. The molecule has 8 heteroatoms. The van der Waals surface area contributed by atoms with Crippen LogP contribution in [0.3, 0.4) is 0 Å². The number of aliphatic imine (C=N–C) groups is 1. The zero-order valence-electron chi connectivity index (χ0n) is 15.9. The topological polar surface area (TPSA) is 99.4 Å². The molecule has 1 aromatic heterocycles. The average molecular weight is 385 g/mol. The van der Waals surface area contributed by atoms with Crippen LogP contribution in [-0.4, -0.2) is 30.6 Å². The number of aromatic nitrogens is 1. The first-order chi connectivity index (χ1) is 13.0. The van der Waals surface area contributed by atoms with Crippen molar-refractivity contribution in [3.8, 4) is 6.07 Å². The Bertz CT molecular complexity index is 852. The number of hydrogen-bond donors (Lipinski definition) is 2. The molecule has 1 atom stereocenters. The highest BCUT2D eigenvalue weighted by molar-refractivity contribution is 7.13. The molecule has 0 saturated heterocycles. The van der Waals surface area contributed by atoms with E-state index >= 15 is 0 Å². The van der Waals surface area contributed by atoms with Crippen molar-refractivity contribution in [2.45, 2.75) is 33.4 Å². The van der Waals surface area contributed by atoms with E-state index in [4.69, 9.17) is 10.00 Å². The van der Waals surface area contributed by atoms with Gasteiger partial charge in [-0.25, -0.2) is 9.78 Å². The number of esters is 1. The summed E-state index contributed by atoms with van der Waals surface area (Å²) in [7, 11) is 1.69. The minimum absolute atomic E-state index is 0.121. The van der Waals surface area contributed by atoms with Crippen LogP contribution in [0.2, 0.25) is 0 Å². The number of carbonyl (C=O) groups excluding carboxylic acids is 1. The van der Waals surface area contributed by atoms with Gasteiger partial charge in [0.2, 0.25) is 0 Å². The van der Waals surface area contributed by atoms with Crippen molar-refractivity contribution in [3.05, 3.63) is 51.0 Å². The maximum absolute atomic E-state index is 12.0. The first-order valence-corrected chi connectivity index (χ1v) is 9.40. The third-order valence-electron chi connectivity index (χ3n) is 3.76. The maximum atomic E-state index is 12.0. The molecule has 0 radical (unpaired) electrons. The lowest BCUT2D eigenvalue weighted by Gasteiger charge is -2.16. The van der Waals surface area contributed by atoms with Gasteiger partial charge in [-0.15, -0.1) is 11.3 Å². The van der Waals surface area contributed by atoms with Crippen LogP contribution in [0.4, 0.5) is 0 Å². The Morgan fingerprint density at radius 2 is 2.11 bits per heavy atom. The summed E-state index contributed by atoms with van der Waals surface area (Å²) in [5.41, 5.74) is 2.34. The van der Waals surface area contributed by atoms with E-state index in [2.05, 4.69) is 26.7 Å². The van der Waals surface area contributed by atoms with Crippen molar-refractivity contribution in [2.75, 3.05) is 13.7 Å². The number of aryl methyl sites for hydroxylation is 1. The number of carbonyl (C=O) groups is 1. The highest BCUT2D eigenvalue weighted by Crippen LogP contribution is 2.24. The van der Waals surface area contributed by atoms with Gasteiger partial charge >= 0.3 is 5.97 Å². The fraction of sp³-hybridized carbons (Fsp3) is 0.368. The van der Waals surface area contributed by atoms with Crippen molar-refractivity contribution in [2.24, 2.45) is 4.99 Å². The predicted molar refractivity (Wildman–Crippen MR) is 106 cm³/mol. The normalized spacial score (nSPS) is 12.2. The quantitative estimate of drug-likeness (QED) is 0.451. The van der Waals surface area contributed by atoms with E-state index in [1.807, 2.05) is 19.1 Å². The molecular weight excluding hydrogens is 362 g/mol. The molecule has 0 aliphatic heterocycles. The van der Waals surface area contributed by atoms with Gasteiger partial charge in [-0.3, -0.25) is 4.99 Å². The van der Waals surface area contributed by atoms with Crippen molar-refractivity contribution < 1.29 is 9.53 Å². The number of rotatable bonds is 6. The number of guanidine groups is 1. The predicted octanol–water partition coefficient (Wildman–Crippen LogP) is 2.93. The number of nitrogens with one attached hydrogen (secondary N) is 2. The molecule has 0 fully saturated rings. The van der Waals surface area contributed by atoms with Gasteiger partial charge in [0.25, 0.3) is 0 Å². The van der Waals surface area contributed by atoms with Gasteiger partial charge in [-0.2, -0.15) is 5.26 Å². The summed E-state index contributed by atoms with van der Waals surface area (Å²) in [5.74, 6) is 0.284. The maximum Gasteiger partial charge on any atom is 0.350 e. The van der Waals surface area contributed by atoms with Gasteiger partial charge in [0.1, 0.15) is 9.88 Å². The zero-order chi connectivity index (χ0) is 19.8. The van der Waals surface area contributed by atoms with Gasteiger partial charge in [-0.1, -0.05) is 12.1 Å². The van der Waals surface area contributed by atoms with Crippen molar-refractivity contribution in [3.63, 3.8) is 0 Å². The molecule has 2 N–H and O–H groups in total. The lowest BCUT2D eigenvalue weighted by Crippen LogP contribution is -2.38. The summed E-state index contributed by atoms with van der Waals surface area (Å²) >= 11 is 1.33. The lowest BCUT2D eigenvalue weighted by molar-refractivity contribution is 0.0531. The minimum atomic E-state index is -0.339. The highest BCUT2D eigenvalue weighted by atomic mass is 32.1. The van der Waals surface area contributed by atoms with E-state index in [0.717, 1.165) is 10.6 Å². The Morgan fingerprint density at radius 3 is 2.70 bits per heavy atom. The molecule has 0 spiro atoms. The van der Waals surface area contributed by atoms with Crippen LogP contribution in [0, 0.1) is 18.3 Å². The first-order valence-electron chi connectivity index (χ1n) is 8.59. The molecule has 1 heterocycles. The number of benzene rings is 1. The molecule has 1 aromatic carbocycles. The molecule has 0 amide bonds. The van der Waals surface area contributed by atoms with E-state index in [0.29, 0.717) is 35.2 Å². The fourth-order valence-corrected chi connectivity index (χ4v) is 3.30. The smallest absolute Gasteiger partial charge is 0.350 e. The zero-order valence-corrected chi connectivity index (χ0v) is 16.7. The molecule has 2 aromatic rings. The molecule has 1 unspecified atom stereocenters. The van der Waals surface area contributed by atoms with Gasteiger partial charge < -0.3 is 15.4 Å². The number of nitrogens with zero attached hydrogens (tertiary/aromatic N) is 3. The third kappa shape index (κ3) is 5.53. The van der Waals surface area contributed by atoms with E-state index in [9.17, 15) is 4.79 Å². The standard InChI is InChI=1S/C19H23N5O2S/c1-5-26-18(25)16-12(2)23-17(27-16)13(3)24-19(21-4)22-11-15-8-6-14(10-20)7-9-15/h6-9,13H,5,11H2,1-4H3,(H2,21,22,24).